The summed E-state index contributed by atoms with van der Waals surface area (Å²) in [6, 6.07) is 34.5. The van der Waals surface area contributed by atoms with Crippen molar-refractivity contribution in [3.63, 3.8) is 0 Å². The minimum Gasteiger partial charge on any atom is -0.478 e. The van der Waals surface area contributed by atoms with Crippen LogP contribution in [-0.2, 0) is 12.0 Å². The molecule has 0 heterocycles. The van der Waals surface area contributed by atoms with Crippen LogP contribution in [0.1, 0.15) is 84.8 Å². The monoisotopic (exact) mass is 713 g/mol. The minimum absolute atomic E-state index is 0.124. The van der Waals surface area contributed by atoms with E-state index in [0.717, 1.165) is 62.5 Å². The Morgan fingerprint density at radius 3 is 2.33 bits per heavy atom. The summed E-state index contributed by atoms with van der Waals surface area (Å²) < 4.78 is 13.9. The highest BCUT2D eigenvalue weighted by Gasteiger charge is 2.37. The maximum atomic E-state index is 13.9. The highest BCUT2D eigenvalue weighted by molar-refractivity contribution is 6.05. The smallest absolute Gasteiger partial charge is 0.335 e. The number of rotatable bonds is 8. The SMILES string of the molecule is CC1(C)C=CC2=C(C1)CC(C)(C)c1c2ccc2cc(-c3ccc4ccccc4c3C(O)C=Cc3ccc(C(=O)O)cc3)cc(NCc3ccc(F)cc3)c12. The van der Waals surface area contributed by atoms with E-state index in [0.29, 0.717) is 6.54 Å². The van der Waals surface area contributed by atoms with Crippen LogP contribution in [0.15, 0.2) is 133 Å². The summed E-state index contributed by atoms with van der Waals surface area (Å²) in [6.07, 6.45) is 9.34. The van der Waals surface area contributed by atoms with Crippen LogP contribution in [-0.4, -0.2) is 16.2 Å². The average molecular weight is 714 g/mol. The lowest BCUT2D eigenvalue weighted by atomic mass is 9.64. The lowest BCUT2D eigenvalue weighted by Crippen LogP contribution is -2.28. The Hall–Kier alpha value is -5.78. The van der Waals surface area contributed by atoms with Crippen molar-refractivity contribution in [2.45, 2.75) is 58.6 Å². The van der Waals surface area contributed by atoms with Gasteiger partial charge in [0.15, 0.2) is 0 Å². The van der Waals surface area contributed by atoms with Gasteiger partial charge in [-0.3, -0.25) is 0 Å². The number of halogens is 1. The van der Waals surface area contributed by atoms with Gasteiger partial charge in [-0.1, -0.05) is 130 Å². The molecule has 0 aromatic heterocycles. The number of carboxylic acids is 1. The fourth-order valence-electron chi connectivity index (χ4n) is 8.58. The zero-order valence-electron chi connectivity index (χ0n) is 31.1. The molecule has 0 saturated carbocycles. The number of aliphatic hydroxyl groups is 1. The molecule has 6 aromatic carbocycles. The van der Waals surface area contributed by atoms with Crippen molar-refractivity contribution in [1.82, 2.24) is 0 Å². The third-order valence-corrected chi connectivity index (χ3v) is 11.1. The maximum absolute atomic E-state index is 13.9. The van der Waals surface area contributed by atoms with Crippen LogP contribution in [0.5, 0.6) is 0 Å². The fourth-order valence-corrected chi connectivity index (χ4v) is 8.58. The van der Waals surface area contributed by atoms with E-state index in [9.17, 15) is 19.4 Å². The Labute approximate surface area is 316 Å². The van der Waals surface area contributed by atoms with E-state index in [4.69, 9.17) is 0 Å². The average Bonchev–Trinajstić information content (AvgIpc) is 3.15. The summed E-state index contributed by atoms with van der Waals surface area (Å²) in [5, 5.41) is 29.3. The molecule has 0 spiro atoms. The molecular formula is C49H44FNO3. The zero-order valence-corrected chi connectivity index (χ0v) is 31.1. The molecule has 0 radical (unpaired) electrons. The molecule has 4 nitrogen and oxygen atoms in total. The quantitative estimate of drug-likeness (QED) is 0.147. The number of benzene rings is 6. The van der Waals surface area contributed by atoms with Crippen LogP contribution in [0.2, 0.25) is 0 Å². The van der Waals surface area contributed by atoms with Crippen LogP contribution in [0.4, 0.5) is 10.1 Å². The minimum atomic E-state index is -0.978. The van der Waals surface area contributed by atoms with Gasteiger partial charge in [0, 0.05) is 23.2 Å². The van der Waals surface area contributed by atoms with Crippen LogP contribution in [0.3, 0.4) is 0 Å². The number of hydrogen-bond donors (Lipinski definition) is 3. The number of aliphatic hydroxyl groups excluding tert-OH is 1. The molecule has 270 valence electrons. The van der Waals surface area contributed by atoms with Crippen molar-refractivity contribution >= 4 is 44.9 Å². The zero-order chi connectivity index (χ0) is 37.8. The summed E-state index contributed by atoms with van der Waals surface area (Å²) in [5.41, 5.74) is 11.1. The van der Waals surface area contributed by atoms with E-state index < -0.39 is 12.1 Å². The third kappa shape index (κ3) is 6.65. The molecule has 54 heavy (non-hydrogen) atoms. The molecule has 1 unspecified atom stereocenters. The molecule has 3 N–H and O–H groups in total. The molecule has 5 heteroatoms. The lowest BCUT2D eigenvalue weighted by molar-refractivity contribution is 0.0697. The summed E-state index contributed by atoms with van der Waals surface area (Å²) >= 11 is 0. The summed E-state index contributed by atoms with van der Waals surface area (Å²) in [4.78, 5) is 11.4. The first-order chi connectivity index (χ1) is 25.9. The topological polar surface area (TPSA) is 69.6 Å². The van der Waals surface area contributed by atoms with Gasteiger partial charge in [-0.15, -0.1) is 0 Å². The molecule has 6 aromatic rings. The Morgan fingerprint density at radius 1 is 0.852 bits per heavy atom. The van der Waals surface area contributed by atoms with E-state index in [2.05, 4.69) is 87.6 Å². The molecule has 0 fully saturated rings. The molecule has 2 aliphatic carbocycles. The largest absolute Gasteiger partial charge is 0.478 e. The Bertz CT molecular complexity index is 2540. The summed E-state index contributed by atoms with van der Waals surface area (Å²) in [5.74, 6) is -1.24. The first kappa shape index (κ1) is 35.3. The van der Waals surface area contributed by atoms with Gasteiger partial charge in [-0.2, -0.15) is 0 Å². The standard InChI is InChI=1S/C49H44FNO3/c1-48(2)24-23-38-36(27-48)28-49(3,4)46-41(38)21-17-34-25-35(26-42(44(34)46)51-29-31-11-18-37(50)19-12-31)40-20-16-32-7-5-6-8-39(32)45(40)43(52)22-13-30-9-14-33(15-10-30)47(53)54/h5-26,43,51-52H,27-29H2,1-4H3,(H,53,54). The molecule has 0 aliphatic heterocycles. The predicted molar refractivity (Wildman–Crippen MR) is 220 cm³/mol. The van der Waals surface area contributed by atoms with Crippen LogP contribution < -0.4 is 5.32 Å². The van der Waals surface area contributed by atoms with Gasteiger partial charge in [-0.25, -0.2) is 9.18 Å². The predicted octanol–water partition coefficient (Wildman–Crippen LogP) is 12.3. The third-order valence-electron chi connectivity index (χ3n) is 11.1. The molecule has 1 atom stereocenters. The number of anilines is 1. The Morgan fingerprint density at radius 2 is 1.57 bits per heavy atom. The van der Waals surface area contributed by atoms with E-state index in [1.807, 2.05) is 36.4 Å². The lowest BCUT2D eigenvalue weighted by Gasteiger charge is -2.40. The fraction of sp³-hybridized carbons (Fsp3) is 0.204. The highest BCUT2D eigenvalue weighted by Crippen LogP contribution is 2.52. The number of hydrogen-bond acceptors (Lipinski definition) is 3. The molecule has 2 aliphatic rings. The first-order valence-electron chi connectivity index (χ1n) is 18.6. The second-order valence-corrected chi connectivity index (χ2v) is 16.1. The molecular weight excluding hydrogens is 670 g/mol. The van der Waals surface area contributed by atoms with Gasteiger partial charge in [0.1, 0.15) is 5.82 Å². The molecule has 8 rings (SSSR count). The van der Waals surface area contributed by atoms with Crippen LogP contribution >= 0.6 is 0 Å². The van der Waals surface area contributed by atoms with Gasteiger partial charge in [-0.05, 0) is 115 Å². The van der Waals surface area contributed by atoms with E-state index in [1.165, 1.54) is 39.8 Å². The van der Waals surface area contributed by atoms with Crippen LogP contribution in [0, 0.1) is 11.2 Å². The number of carboxylic acid groups (broad SMARTS) is 1. The van der Waals surface area contributed by atoms with Gasteiger partial charge in [0.05, 0.1) is 11.7 Å². The van der Waals surface area contributed by atoms with Crippen molar-refractivity contribution in [3.05, 3.63) is 172 Å². The Balaban J connectivity index is 1.30. The second kappa shape index (κ2) is 13.6. The normalized spacial score (nSPS) is 16.4. The molecule has 0 bridgehead atoms. The second-order valence-electron chi connectivity index (χ2n) is 16.1. The number of nitrogens with one attached hydrogen (secondary N) is 1. The first-order valence-corrected chi connectivity index (χ1v) is 18.6. The Kier molecular flexibility index (Phi) is 8.86. The number of allylic oxidation sites excluding steroid dienone is 4. The van der Waals surface area contributed by atoms with Crippen molar-refractivity contribution in [1.29, 1.82) is 0 Å². The van der Waals surface area contributed by atoms with Crippen molar-refractivity contribution < 1.29 is 19.4 Å². The van der Waals surface area contributed by atoms with E-state index in [1.54, 1.807) is 30.3 Å². The highest BCUT2D eigenvalue weighted by atomic mass is 19.1. The van der Waals surface area contributed by atoms with E-state index >= 15 is 0 Å². The van der Waals surface area contributed by atoms with Gasteiger partial charge < -0.3 is 15.5 Å². The molecule has 0 saturated heterocycles. The summed E-state index contributed by atoms with van der Waals surface area (Å²) in [6.45, 7) is 9.85. The van der Waals surface area contributed by atoms with Gasteiger partial charge >= 0.3 is 5.97 Å². The number of carbonyl (C=O) groups is 1. The van der Waals surface area contributed by atoms with Crippen molar-refractivity contribution in [3.8, 4) is 11.1 Å². The van der Waals surface area contributed by atoms with Crippen molar-refractivity contribution in [2.24, 2.45) is 5.41 Å². The van der Waals surface area contributed by atoms with Crippen LogP contribution in [0.25, 0.3) is 44.3 Å². The summed E-state index contributed by atoms with van der Waals surface area (Å²) in [7, 11) is 0. The number of aromatic carboxylic acids is 1. The van der Waals surface area contributed by atoms with Crippen molar-refractivity contribution in [2.75, 3.05) is 5.32 Å². The maximum Gasteiger partial charge on any atom is 0.335 e. The van der Waals surface area contributed by atoms with E-state index in [-0.39, 0.29) is 22.2 Å². The molecule has 0 amide bonds. The van der Waals surface area contributed by atoms with Gasteiger partial charge in [0.25, 0.3) is 0 Å². The van der Waals surface area contributed by atoms with Gasteiger partial charge in [0.2, 0.25) is 0 Å². The number of fused-ring (bicyclic) bond motifs is 5.